The third-order valence-corrected chi connectivity index (χ3v) is 1.78. The van der Waals surface area contributed by atoms with Crippen LogP contribution in [0, 0.1) is 0 Å². The average Bonchev–Trinajstić information content (AvgIpc) is 2.21. The van der Waals surface area contributed by atoms with Crippen LogP contribution in [0.3, 0.4) is 0 Å². The molecule has 0 fully saturated rings. The van der Waals surface area contributed by atoms with Gasteiger partial charge in [0.05, 0.1) is 6.04 Å². The number of rotatable bonds is 6. The Labute approximate surface area is 91.9 Å². The molecule has 7 nitrogen and oxygen atoms in total. The van der Waals surface area contributed by atoms with Gasteiger partial charge >= 0.3 is 11.9 Å². The van der Waals surface area contributed by atoms with Gasteiger partial charge in [0.1, 0.15) is 5.70 Å². The molecular weight excluding hydrogens is 216 g/mol. The minimum absolute atomic E-state index is 0.0439. The summed E-state index contributed by atoms with van der Waals surface area (Å²) in [7, 11) is 0. The third kappa shape index (κ3) is 5.11. The van der Waals surface area contributed by atoms with E-state index in [1.165, 1.54) is 13.0 Å². The Bertz CT molecular complexity index is 324. The van der Waals surface area contributed by atoms with Crippen molar-refractivity contribution in [3.05, 3.63) is 11.8 Å². The van der Waals surface area contributed by atoms with Gasteiger partial charge in [0.2, 0.25) is 5.91 Å². The normalized spacial score (nSPS) is 13.0. The number of carboxylic acid groups (broad SMARTS) is 2. The number of aliphatic carboxylic acids is 2. The number of carbonyl (C=O) groups is 3. The fourth-order valence-corrected chi connectivity index (χ4v) is 0.885. The first kappa shape index (κ1) is 14.1. The zero-order valence-corrected chi connectivity index (χ0v) is 8.77. The van der Waals surface area contributed by atoms with Crippen molar-refractivity contribution in [2.75, 3.05) is 0 Å². The van der Waals surface area contributed by atoms with Crippen molar-refractivity contribution in [1.82, 2.24) is 5.32 Å². The maximum atomic E-state index is 11.3. The van der Waals surface area contributed by atoms with Crippen molar-refractivity contribution in [3.8, 4) is 0 Å². The molecule has 0 saturated heterocycles. The highest BCUT2D eigenvalue weighted by molar-refractivity contribution is 5.94. The molecule has 5 N–H and O–H groups in total. The molecule has 0 heterocycles. The highest BCUT2D eigenvalue weighted by atomic mass is 16.4. The van der Waals surface area contributed by atoms with Crippen molar-refractivity contribution < 1.29 is 24.6 Å². The first-order valence-corrected chi connectivity index (χ1v) is 4.56. The first-order chi connectivity index (χ1) is 7.38. The summed E-state index contributed by atoms with van der Waals surface area (Å²) < 4.78 is 0. The summed E-state index contributed by atoms with van der Waals surface area (Å²) in [6.45, 7) is 1.45. The monoisotopic (exact) mass is 230 g/mol. The molecule has 16 heavy (non-hydrogen) atoms. The van der Waals surface area contributed by atoms with E-state index in [0.29, 0.717) is 0 Å². The molecule has 0 aromatic carbocycles. The average molecular weight is 230 g/mol. The summed E-state index contributed by atoms with van der Waals surface area (Å²) in [5, 5.41) is 19.1. The highest BCUT2D eigenvalue weighted by Crippen LogP contribution is 1.97. The number of nitrogens with one attached hydrogen (secondary N) is 1. The molecule has 1 atom stereocenters. The maximum Gasteiger partial charge on any atom is 0.352 e. The molecule has 0 bridgehead atoms. The molecule has 1 amide bonds. The smallest absolute Gasteiger partial charge is 0.352 e. The van der Waals surface area contributed by atoms with E-state index in [1.54, 1.807) is 0 Å². The number of hydrogen-bond donors (Lipinski definition) is 4. The van der Waals surface area contributed by atoms with Crippen LogP contribution in [0.25, 0.3) is 0 Å². The molecule has 7 heteroatoms. The Morgan fingerprint density at radius 1 is 1.38 bits per heavy atom. The third-order valence-electron chi connectivity index (χ3n) is 1.78. The van der Waals surface area contributed by atoms with Crippen molar-refractivity contribution in [3.63, 3.8) is 0 Å². The Balaban J connectivity index is 4.24. The van der Waals surface area contributed by atoms with Crippen LogP contribution in [0.4, 0.5) is 0 Å². The summed E-state index contributed by atoms with van der Waals surface area (Å²) in [5.41, 5.74) is 5.09. The van der Waals surface area contributed by atoms with Crippen LogP contribution >= 0.6 is 0 Å². The zero-order chi connectivity index (χ0) is 12.7. The van der Waals surface area contributed by atoms with E-state index in [9.17, 15) is 14.4 Å². The number of carboxylic acids is 2. The van der Waals surface area contributed by atoms with Crippen molar-refractivity contribution in [2.45, 2.75) is 25.8 Å². The lowest BCUT2D eigenvalue weighted by molar-refractivity contribution is -0.138. The van der Waals surface area contributed by atoms with Gasteiger partial charge in [-0.05, 0) is 13.3 Å². The number of hydrogen-bond acceptors (Lipinski definition) is 4. The molecule has 0 aromatic rings. The van der Waals surface area contributed by atoms with Crippen molar-refractivity contribution in [2.24, 2.45) is 5.73 Å². The number of carbonyl (C=O) groups excluding carboxylic acids is 1. The highest BCUT2D eigenvalue weighted by Gasteiger charge is 2.17. The Hall–Kier alpha value is -1.89. The largest absolute Gasteiger partial charge is 0.481 e. The number of allylic oxidation sites excluding steroid dienone is 1. The van der Waals surface area contributed by atoms with Gasteiger partial charge in [-0.3, -0.25) is 9.59 Å². The van der Waals surface area contributed by atoms with Crippen molar-refractivity contribution >= 4 is 17.8 Å². The van der Waals surface area contributed by atoms with Gasteiger partial charge in [-0.1, -0.05) is 6.08 Å². The van der Waals surface area contributed by atoms with Gasteiger partial charge in [0, 0.05) is 6.42 Å². The van der Waals surface area contributed by atoms with E-state index in [-0.39, 0.29) is 18.5 Å². The zero-order valence-electron chi connectivity index (χ0n) is 8.77. The lowest BCUT2D eigenvalue weighted by Crippen LogP contribution is -2.41. The predicted molar refractivity (Wildman–Crippen MR) is 54.4 cm³/mol. The van der Waals surface area contributed by atoms with Crippen LogP contribution in [-0.2, 0) is 14.4 Å². The molecule has 0 aliphatic carbocycles. The van der Waals surface area contributed by atoms with E-state index >= 15 is 0 Å². The van der Waals surface area contributed by atoms with Gasteiger partial charge in [-0.25, -0.2) is 4.79 Å². The second-order valence-electron chi connectivity index (χ2n) is 3.04. The summed E-state index contributed by atoms with van der Waals surface area (Å²) in [4.78, 5) is 32.1. The molecular formula is C9H14N2O5. The molecule has 90 valence electrons. The molecule has 0 spiro atoms. The van der Waals surface area contributed by atoms with Crippen molar-refractivity contribution in [1.29, 1.82) is 0 Å². The first-order valence-electron chi connectivity index (χ1n) is 4.56. The lowest BCUT2D eigenvalue weighted by Gasteiger charge is -2.11. The minimum atomic E-state index is -1.28. The van der Waals surface area contributed by atoms with Gasteiger partial charge in [-0.15, -0.1) is 0 Å². The summed E-state index contributed by atoms with van der Waals surface area (Å²) in [5.74, 6) is -3.05. The molecule has 0 saturated carbocycles. The Morgan fingerprint density at radius 3 is 2.31 bits per heavy atom. The predicted octanol–water partition coefficient (Wildman–Crippen LogP) is -0.717. The van der Waals surface area contributed by atoms with E-state index in [4.69, 9.17) is 15.9 Å². The van der Waals surface area contributed by atoms with Crippen LogP contribution in [-0.4, -0.2) is 34.1 Å². The van der Waals surface area contributed by atoms with Crippen LogP contribution in [0.15, 0.2) is 11.8 Å². The van der Waals surface area contributed by atoms with E-state index < -0.39 is 23.9 Å². The summed E-state index contributed by atoms with van der Waals surface area (Å²) in [6, 6.07) is -1.04. The topological polar surface area (TPSA) is 130 Å². The van der Waals surface area contributed by atoms with Gasteiger partial charge < -0.3 is 21.3 Å². The molecule has 0 aromatic heterocycles. The fourth-order valence-electron chi connectivity index (χ4n) is 0.885. The second-order valence-corrected chi connectivity index (χ2v) is 3.04. The van der Waals surface area contributed by atoms with Gasteiger partial charge in [0.15, 0.2) is 0 Å². The van der Waals surface area contributed by atoms with Crippen LogP contribution in [0.5, 0.6) is 0 Å². The molecule has 0 aliphatic heterocycles. The van der Waals surface area contributed by atoms with Gasteiger partial charge in [0.25, 0.3) is 0 Å². The van der Waals surface area contributed by atoms with E-state index in [0.717, 1.165) is 0 Å². The molecule has 0 radical (unpaired) electrons. The van der Waals surface area contributed by atoms with Gasteiger partial charge in [-0.2, -0.15) is 0 Å². The molecule has 0 aliphatic rings. The van der Waals surface area contributed by atoms with Crippen LogP contribution in [0.1, 0.15) is 19.8 Å². The minimum Gasteiger partial charge on any atom is -0.481 e. The number of amides is 1. The lowest BCUT2D eigenvalue weighted by atomic mass is 10.1. The van der Waals surface area contributed by atoms with Crippen LogP contribution < -0.4 is 11.1 Å². The second kappa shape index (κ2) is 6.57. The SMILES string of the molecule is C/C=C(/NC(=O)[C@@H](N)CCC(=O)O)C(=O)O. The number of nitrogens with two attached hydrogens (primary N) is 1. The molecule has 0 unspecified atom stereocenters. The maximum absolute atomic E-state index is 11.3. The van der Waals surface area contributed by atoms with Crippen LogP contribution in [0.2, 0.25) is 0 Å². The Morgan fingerprint density at radius 2 is 1.94 bits per heavy atom. The summed E-state index contributed by atoms with van der Waals surface area (Å²) in [6.07, 6.45) is 0.925. The van der Waals surface area contributed by atoms with E-state index in [2.05, 4.69) is 5.32 Å². The quantitative estimate of drug-likeness (QED) is 0.446. The fraction of sp³-hybridized carbons (Fsp3) is 0.444. The van der Waals surface area contributed by atoms with E-state index in [1.807, 2.05) is 0 Å². The Kier molecular flexibility index (Phi) is 5.79. The molecule has 0 rings (SSSR count). The standard InChI is InChI=1S/C9H14N2O5/c1-2-6(9(15)16)11-8(14)5(10)3-4-7(12)13/h2,5H,3-4,10H2,1H3,(H,11,14)(H,12,13)(H,15,16)/b6-2+/t5-/m0/s1. The summed E-state index contributed by atoms with van der Waals surface area (Å²) >= 11 is 0.